The average Bonchev–Trinajstić information content (AvgIpc) is 2.10. The molecule has 0 aliphatic rings. The number of alkyl halides is 10. The monoisotopic (exact) mass is 444 g/mol. The minimum absolute atomic E-state index is 0. The van der Waals surface area contributed by atoms with Crippen LogP contribution in [0.2, 0.25) is 0 Å². The zero-order valence-corrected chi connectivity index (χ0v) is 16.7. The molecule has 0 unspecified atom stereocenters. The molecule has 0 atom stereocenters. The van der Waals surface area contributed by atoms with Gasteiger partial charge in [0.1, 0.15) is 0 Å². The van der Waals surface area contributed by atoms with E-state index in [9.17, 15) is 69.8 Å². The Morgan fingerprint density at radius 2 is 0.625 bits per heavy atom. The van der Waals surface area contributed by atoms with Gasteiger partial charge in [0.2, 0.25) is 0 Å². The third-order valence-corrected chi connectivity index (χ3v) is 3.01. The van der Waals surface area contributed by atoms with Gasteiger partial charge in [0.05, 0.1) is 0 Å². The largest absolute Gasteiger partial charge is 1.00 e. The van der Waals surface area contributed by atoms with Gasteiger partial charge in [0.15, 0.2) is 20.2 Å². The van der Waals surface area contributed by atoms with Crippen molar-refractivity contribution in [3.05, 3.63) is 0 Å². The fourth-order valence-electron chi connectivity index (χ4n) is 0.283. The van der Waals surface area contributed by atoms with Gasteiger partial charge in [-0.15, -0.1) is 0 Å². The third kappa shape index (κ3) is 8.21. The number of hydrogen-bond acceptors (Lipinski definition) is 6. The third-order valence-electron chi connectivity index (χ3n) is 1.29. The molecule has 24 heavy (non-hydrogen) atoms. The molecule has 0 aliphatic heterocycles. The van der Waals surface area contributed by atoms with Crippen LogP contribution in [0.15, 0.2) is 0 Å². The average molecular weight is 444 g/mol. The van der Waals surface area contributed by atoms with Crippen LogP contribution in [0.5, 0.6) is 0 Å². The summed E-state index contributed by atoms with van der Waals surface area (Å²) in [5.41, 5.74) is 0. The molecule has 0 N–H and O–H groups in total. The zero-order valence-electron chi connectivity index (χ0n) is 11.0. The van der Waals surface area contributed by atoms with E-state index in [1.54, 1.807) is 0 Å². The molecule has 20 heteroatoms. The number of hydrogen-bond donors (Lipinski definition) is 0. The van der Waals surface area contributed by atoms with Crippen molar-refractivity contribution < 1.29 is 129 Å². The zero-order chi connectivity index (χ0) is 19.0. The van der Waals surface area contributed by atoms with E-state index in [0.29, 0.717) is 0 Å². The van der Waals surface area contributed by atoms with Crippen LogP contribution in [-0.2, 0) is 20.2 Å². The van der Waals surface area contributed by atoms with Crippen molar-refractivity contribution in [2.24, 2.45) is 0 Å². The summed E-state index contributed by atoms with van der Waals surface area (Å²) in [4.78, 5) is 0. The summed E-state index contributed by atoms with van der Waals surface area (Å²) < 4.78 is 167. The first kappa shape index (κ1) is 32.8. The Hall–Kier alpha value is 1.12. The Balaban J connectivity index is -0.000000154. The molecule has 0 aromatic rings. The Bertz CT molecular complexity index is 538. The van der Waals surface area contributed by atoms with Crippen LogP contribution >= 0.6 is 0 Å². The molecule has 0 amide bonds. The minimum Gasteiger partial charge on any atom is -0.743 e. The predicted molar refractivity (Wildman–Crippen MR) is 41.4 cm³/mol. The smallest absolute Gasteiger partial charge is 0.743 e. The standard InChI is InChI=1S/2C2HF5O3S.2Na/c2*3-1(4,5)2(6,7)11(8,9)10;;/h2*(H,8,9,10);;/q;;2*+1/p-2. The van der Waals surface area contributed by atoms with E-state index in [4.69, 9.17) is 0 Å². The summed E-state index contributed by atoms with van der Waals surface area (Å²) in [6.07, 6.45) is -12.7. The summed E-state index contributed by atoms with van der Waals surface area (Å²) in [7, 11) is -13.3. The first-order valence-electron chi connectivity index (χ1n) is 3.80. The molecule has 136 valence electrons. The first-order valence-corrected chi connectivity index (χ1v) is 6.61. The molecule has 0 aliphatic carbocycles. The molecular formula is C4F10Na2O6S2. The van der Waals surface area contributed by atoms with Gasteiger partial charge in [0.25, 0.3) is 0 Å². The fraction of sp³-hybridized carbons (Fsp3) is 1.00. The van der Waals surface area contributed by atoms with Crippen molar-refractivity contribution in [3.8, 4) is 0 Å². The van der Waals surface area contributed by atoms with Crippen LogP contribution < -0.4 is 59.1 Å². The molecule has 0 radical (unpaired) electrons. The quantitative estimate of drug-likeness (QED) is 0.241. The normalized spacial score (nSPS) is 13.8. The molecule has 0 fully saturated rings. The second kappa shape index (κ2) is 9.36. The van der Waals surface area contributed by atoms with Crippen LogP contribution in [0.4, 0.5) is 43.9 Å². The van der Waals surface area contributed by atoms with E-state index in [0.717, 1.165) is 0 Å². The Kier molecular flexibility index (Phi) is 12.8. The summed E-state index contributed by atoms with van der Waals surface area (Å²) in [5, 5.41) is -12.4. The Morgan fingerprint density at radius 3 is 0.625 bits per heavy atom. The van der Waals surface area contributed by atoms with Gasteiger partial charge < -0.3 is 9.11 Å². The van der Waals surface area contributed by atoms with Gasteiger partial charge in [-0.1, -0.05) is 0 Å². The van der Waals surface area contributed by atoms with Crippen molar-refractivity contribution in [2.75, 3.05) is 0 Å². The predicted octanol–water partition coefficient (Wildman–Crippen LogP) is -4.62. The van der Waals surface area contributed by atoms with Crippen molar-refractivity contribution in [1.29, 1.82) is 0 Å². The summed E-state index contributed by atoms with van der Waals surface area (Å²) in [5.74, 6) is 0. The van der Waals surface area contributed by atoms with E-state index in [1.807, 2.05) is 0 Å². The maximum absolute atomic E-state index is 11.4. The van der Waals surface area contributed by atoms with Crippen molar-refractivity contribution in [2.45, 2.75) is 22.9 Å². The van der Waals surface area contributed by atoms with Gasteiger partial charge in [0, 0.05) is 0 Å². The number of rotatable bonds is 2. The number of halogens is 10. The van der Waals surface area contributed by atoms with Crippen LogP contribution in [0.25, 0.3) is 0 Å². The van der Waals surface area contributed by atoms with Crippen LogP contribution in [0, 0.1) is 0 Å². The second-order valence-corrected chi connectivity index (χ2v) is 5.78. The molecule has 0 bridgehead atoms. The second-order valence-electron chi connectivity index (χ2n) is 2.94. The maximum atomic E-state index is 11.4. The Labute approximate surface area is 171 Å². The van der Waals surface area contributed by atoms with Gasteiger partial charge in [-0.25, -0.2) is 16.8 Å². The van der Waals surface area contributed by atoms with Gasteiger partial charge in [-0.3, -0.25) is 0 Å². The molecule has 0 saturated heterocycles. The van der Waals surface area contributed by atoms with Gasteiger partial charge in [-0.2, -0.15) is 43.9 Å². The first-order chi connectivity index (χ1) is 9.00. The van der Waals surface area contributed by atoms with Crippen LogP contribution in [0.1, 0.15) is 0 Å². The van der Waals surface area contributed by atoms with Crippen molar-refractivity contribution in [1.82, 2.24) is 0 Å². The van der Waals surface area contributed by atoms with E-state index in [-0.39, 0.29) is 59.1 Å². The van der Waals surface area contributed by atoms with E-state index in [2.05, 4.69) is 0 Å². The molecule has 0 heterocycles. The SMILES string of the molecule is O=S(=O)([O-])C(F)(F)C(F)(F)F.O=S(=O)([O-])C(F)(F)C(F)(F)F.[Na+].[Na+]. The van der Waals surface area contributed by atoms with E-state index < -0.39 is 43.1 Å². The topological polar surface area (TPSA) is 114 Å². The molecule has 0 spiro atoms. The summed E-state index contributed by atoms with van der Waals surface area (Å²) in [6.45, 7) is 0. The Morgan fingerprint density at radius 1 is 0.500 bits per heavy atom. The van der Waals surface area contributed by atoms with Crippen molar-refractivity contribution in [3.63, 3.8) is 0 Å². The van der Waals surface area contributed by atoms with Crippen LogP contribution in [-0.4, -0.2) is 48.8 Å². The molecular weight excluding hydrogens is 444 g/mol. The van der Waals surface area contributed by atoms with Crippen molar-refractivity contribution >= 4 is 20.2 Å². The van der Waals surface area contributed by atoms with Gasteiger partial charge >= 0.3 is 82.0 Å². The van der Waals surface area contributed by atoms with Crippen LogP contribution in [0.3, 0.4) is 0 Å². The molecule has 0 aromatic carbocycles. The fourth-order valence-corrected chi connectivity index (χ4v) is 0.850. The molecule has 0 rings (SSSR count). The molecule has 6 nitrogen and oxygen atoms in total. The molecule has 0 aromatic heterocycles. The summed E-state index contributed by atoms with van der Waals surface area (Å²) in [6, 6.07) is 0. The van der Waals surface area contributed by atoms with E-state index >= 15 is 0 Å². The minimum atomic E-state index is -6.67. The van der Waals surface area contributed by atoms with Gasteiger partial charge in [-0.05, 0) is 0 Å². The summed E-state index contributed by atoms with van der Waals surface area (Å²) >= 11 is 0. The van der Waals surface area contributed by atoms with E-state index in [1.165, 1.54) is 0 Å². The molecule has 0 saturated carbocycles. The maximum Gasteiger partial charge on any atom is 1.00 e.